The number of amides is 4. The van der Waals surface area contributed by atoms with Gasteiger partial charge < -0.3 is 63.9 Å². The molecule has 2 atom stereocenters. The fourth-order valence-corrected chi connectivity index (χ4v) is 6.71. The highest BCUT2D eigenvalue weighted by molar-refractivity contribution is 14.1. The van der Waals surface area contributed by atoms with Crippen molar-refractivity contribution in [3.05, 3.63) is 59.2 Å². The zero-order chi connectivity index (χ0) is 48.6. The number of hydrogen-bond donors (Lipinski definition) is 12. The first-order valence-electron chi connectivity index (χ1n) is 20.2. The Kier molecular flexibility index (Phi) is 19.3. The zero-order valence-corrected chi connectivity index (χ0v) is 37.2. The summed E-state index contributed by atoms with van der Waals surface area (Å²) in [7, 11) is 0. The summed E-state index contributed by atoms with van der Waals surface area (Å²) in [6.07, 6.45) is -8.12. The lowest BCUT2D eigenvalue weighted by Gasteiger charge is -2.22. The molecule has 15 N–H and O–H groups in total. The quantitative estimate of drug-likeness (QED) is 0.0166. The van der Waals surface area contributed by atoms with Gasteiger partial charge in [0.05, 0.1) is 33.9 Å². The lowest BCUT2D eigenvalue weighted by Crippen LogP contribution is -2.31. The van der Waals surface area contributed by atoms with Gasteiger partial charge >= 0.3 is 12.4 Å². The number of carbonyl (C=O) groups is 4. The van der Waals surface area contributed by atoms with Crippen LogP contribution < -0.4 is 63.9 Å². The average Bonchev–Trinajstić information content (AvgIpc) is 3.75. The maximum absolute atomic E-state index is 14.3. The number of alkyl halides is 7. The maximum Gasteiger partial charge on any atom is 0.416 e. The molecular weight excluding hydrogens is 1000 g/mol. The minimum Gasteiger partial charge on any atom is -0.485 e. The summed E-state index contributed by atoms with van der Waals surface area (Å²) in [4.78, 5) is 61.1. The Bertz CT molecular complexity index is 2230. The molecule has 2 aromatic carbocycles. The highest BCUT2D eigenvalue weighted by Gasteiger charge is 2.36. The van der Waals surface area contributed by atoms with Gasteiger partial charge in [-0.25, -0.2) is 9.97 Å². The molecule has 360 valence electrons. The van der Waals surface area contributed by atoms with Crippen LogP contribution in [0.2, 0.25) is 0 Å². The van der Waals surface area contributed by atoms with Gasteiger partial charge in [-0.15, -0.1) is 0 Å². The highest BCUT2D eigenvalue weighted by Crippen LogP contribution is 2.44. The number of aromatic nitrogens is 2. The van der Waals surface area contributed by atoms with Crippen LogP contribution >= 0.6 is 22.6 Å². The molecule has 0 bridgehead atoms. The molecule has 4 amide bonds. The second-order valence-electron chi connectivity index (χ2n) is 14.5. The van der Waals surface area contributed by atoms with Crippen LogP contribution in [0.15, 0.2) is 36.7 Å². The van der Waals surface area contributed by atoms with E-state index in [1.54, 1.807) is 0 Å². The fourth-order valence-electron chi connectivity index (χ4n) is 6.09. The van der Waals surface area contributed by atoms with Gasteiger partial charge in [0, 0.05) is 45.0 Å². The van der Waals surface area contributed by atoms with E-state index >= 15 is 0 Å². The monoisotopic (exact) mass is 1050 g/mol. The van der Waals surface area contributed by atoms with Crippen molar-refractivity contribution in [3.8, 4) is 11.5 Å². The van der Waals surface area contributed by atoms with Crippen molar-refractivity contribution in [1.29, 1.82) is 10.8 Å². The Balaban J connectivity index is 1.66. The Hall–Kier alpha value is -6.23. The minimum absolute atomic E-state index is 0.0989. The highest BCUT2D eigenvalue weighted by atomic mass is 127. The molecular formula is C39H49F6IN14O6. The van der Waals surface area contributed by atoms with E-state index in [4.69, 9.17) is 37.5 Å². The Labute approximate surface area is 387 Å². The number of nitrogens with two attached hydrogens (primary N) is 3. The number of guanidine groups is 2. The molecule has 1 fully saturated rings. The van der Waals surface area contributed by atoms with Crippen LogP contribution in [0.5, 0.6) is 11.5 Å². The van der Waals surface area contributed by atoms with Crippen molar-refractivity contribution in [3.63, 3.8) is 0 Å². The van der Waals surface area contributed by atoms with E-state index in [-0.39, 0.29) is 81.7 Å². The van der Waals surface area contributed by atoms with E-state index in [0.717, 1.165) is 12.4 Å². The number of hydrogen-bond acceptors (Lipinski definition) is 12. The molecule has 27 heteroatoms. The van der Waals surface area contributed by atoms with E-state index in [2.05, 4.69) is 47.2 Å². The van der Waals surface area contributed by atoms with E-state index in [0.29, 0.717) is 50.1 Å². The number of unbranched alkanes of at least 4 members (excludes halogenated alkanes) is 2. The van der Waals surface area contributed by atoms with Crippen LogP contribution in [0.3, 0.4) is 0 Å². The number of benzene rings is 2. The normalized spacial score (nSPS) is 14.1. The van der Waals surface area contributed by atoms with E-state index in [9.17, 15) is 45.5 Å². The van der Waals surface area contributed by atoms with Crippen molar-refractivity contribution < 1.29 is 55.0 Å². The predicted molar refractivity (Wildman–Crippen MR) is 240 cm³/mol. The number of rotatable bonds is 22. The van der Waals surface area contributed by atoms with Crippen LogP contribution in [-0.2, 0) is 21.9 Å². The lowest BCUT2D eigenvalue weighted by atomic mass is 10.1. The second kappa shape index (κ2) is 24.3. The molecule has 1 aliphatic rings. The van der Waals surface area contributed by atoms with Gasteiger partial charge in [-0.2, -0.15) is 26.3 Å². The first-order valence-corrected chi connectivity index (χ1v) is 21.5. The number of nitrogens with zero attached hydrogens (tertiary/aromatic N) is 2. The maximum atomic E-state index is 14.3. The molecule has 1 saturated heterocycles. The molecule has 1 aliphatic heterocycles. The molecule has 0 saturated carbocycles. The number of anilines is 4. The van der Waals surface area contributed by atoms with Gasteiger partial charge in [-0.1, -0.05) is 0 Å². The summed E-state index contributed by atoms with van der Waals surface area (Å²) >= 11 is 1.82. The first kappa shape index (κ1) is 52.4. The number of carbonyl (C=O) groups excluding carboxylic acids is 4. The van der Waals surface area contributed by atoms with Crippen LogP contribution in [0.25, 0.3) is 0 Å². The van der Waals surface area contributed by atoms with Crippen molar-refractivity contribution in [2.75, 3.05) is 54.0 Å². The second-order valence-corrected chi connectivity index (χ2v) is 15.9. The van der Waals surface area contributed by atoms with Crippen molar-refractivity contribution in [2.45, 2.75) is 73.9 Å². The van der Waals surface area contributed by atoms with Gasteiger partial charge in [-0.05, 0) is 92.0 Å². The summed E-state index contributed by atoms with van der Waals surface area (Å²) in [5, 5.41) is 32.1. The lowest BCUT2D eigenvalue weighted by molar-refractivity contribution is -0.138. The average molecular weight is 1050 g/mol. The van der Waals surface area contributed by atoms with Crippen LogP contribution in [0, 0.1) is 10.8 Å². The van der Waals surface area contributed by atoms with E-state index in [1.165, 1.54) is 0 Å². The minimum atomic E-state index is -4.99. The summed E-state index contributed by atoms with van der Waals surface area (Å²) in [5.74, 6) is -4.96. The summed E-state index contributed by atoms with van der Waals surface area (Å²) in [5.41, 5.74) is 10.5. The third-order valence-electron chi connectivity index (χ3n) is 9.24. The summed E-state index contributed by atoms with van der Waals surface area (Å²) in [6, 6.07) is 3.27. The summed E-state index contributed by atoms with van der Waals surface area (Å²) in [6.45, 7) is 1.43. The van der Waals surface area contributed by atoms with Crippen LogP contribution in [0.1, 0.15) is 83.5 Å². The molecule has 0 aliphatic carbocycles. The standard InChI is InChI=1S/C39H49F6IN14O6/c40-38(41,42)20-13-23(57-30(61)5-1-3-10-53-36(48)49)32(65-22-8-12-52-18-22)25(15-20)59-34(63)27-17-28(56-19-55-27)35(64)60-26-16-21(39(43,44)45)14-24(33(26)66-29(46)7-9-47)58-31(62)6-2-4-11-54-37(50)51/h13-17,19,22,29,52H,1-12,18,47H2,(H,57,61)(H,58,62)(H,59,63)(H,60,64)(H4,48,49,53)(H4,50,51,54)/t22-,29-/m1/s1. The summed E-state index contributed by atoms with van der Waals surface area (Å²) < 4.78 is 96.8. The van der Waals surface area contributed by atoms with Crippen molar-refractivity contribution in [1.82, 2.24) is 25.9 Å². The first-order chi connectivity index (χ1) is 31.1. The topological polar surface area (TPSA) is 322 Å². The van der Waals surface area contributed by atoms with Gasteiger partial charge in [-0.3, -0.25) is 30.0 Å². The van der Waals surface area contributed by atoms with E-state index < -0.39 is 91.5 Å². The zero-order valence-electron chi connectivity index (χ0n) is 35.0. The predicted octanol–water partition coefficient (Wildman–Crippen LogP) is 4.43. The third-order valence-corrected chi connectivity index (χ3v) is 10.1. The van der Waals surface area contributed by atoms with Gasteiger partial charge in [0.1, 0.15) is 23.8 Å². The van der Waals surface area contributed by atoms with Gasteiger partial charge in [0.15, 0.2) is 27.5 Å². The number of halogens is 7. The molecule has 3 aromatic rings. The van der Waals surface area contributed by atoms with Gasteiger partial charge in [0.2, 0.25) is 11.8 Å². The smallest absolute Gasteiger partial charge is 0.416 e. The molecule has 0 radical (unpaired) electrons. The SMILES string of the molecule is N=C(N)NCCCCC(=O)Nc1cc(C(F)(F)F)cc(NC(=O)c2cc(C(=O)Nc3cc(C(F)(F)F)cc(NC(=O)CCCCNC(=N)N)c3O[C@@H](I)CCN)ncn2)c1O[C@@H]1CCNC1. The molecule has 0 spiro atoms. The van der Waals surface area contributed by atoms with Crippen molar-refractivity contribution in [2.24, 2.45) is 17.2 Å². The molecule has 0 unspecified atom stereocenters. The Morgan fingerprint density at radius 1 is 0.742 bits per heavy atom. The fraction of sp³-hybridized carbons (Fsp3) is 0.436. The number of nitrogens with one attached hydrogen (secondary N) is 9. The number of ether oxygens (including phenoxy) is 2. The molecule has 4 rings (SSSR count). The Morgan fingerprint density at radius 2 is 1.20 bits per heavy atom. The molecule has 1 aromatic heterocycles. The van der Waals surface area contributed by atoms with Crippen molar-refractivity contribution >= 4 is 80.9 Å². The largest absolute Gasteiger partial charge is 0.485 e. The molecule has 66 heavy (non-hydrogen) atoms. The van der Waals surface area contributed by atoms with E-state index in [1.807, 2.05) is 22.6 Å². The molecule has 2 heterocycles. The van der Waals surface area contributed by atoms with Gasteiger partial charge in [0.25, 0.3) is 11.8 Å². The third kappa shape index (κ3) is 16.6. The van der Waals surface area contributed by atoms with Crippen LogP contribution in [-0.4, -0.2) is 88.5 Å². The Morgan fingerprint density at radius 3 is 1.62 bits per heavy atom. The van der Waals surface area contributed by atoms with Crippen LogP contribution in [0.4, 0.5) is 49.1 Å². The molecule has 20 nitrogen and oxygen atoms in total.